The molecule has 1 aliphatic heterocycles. The first-order valence-electron chi connectivity index (χ1n) is 7.97. The summed E-state index contributed by atoms with van der Waals surface area (Å²) in [6.45, 7) is 8.15. The molecule has 0 N–H and O–H groups in total. The number of thiophene rings is 1. The Balaban J connectivity index is 1.97. The van der Waals surface area contributed by atoms with Crippen LogP contribution >= 0.6 is 11.3 Å². The Morgan fingerprint density at radius 1 is 1.00 bits per heavy atom. The lowest BCUT2D eigenvalue weighted by Gasteiger charge is -2.32. The number of hydrogen-bond acceptors (Lipinski definition) is 5. The van der Waals surface area contributed by atoms with Crippen LogP contribution in [-0.2, 0) is 9.31 Å². The lowest BCUT2D eigenvalue weighted by Crippen LogP contribution is -2.41. The van der Waals surface area contributed by atoms with E-state index in [0.29, 0.717) is 5.69 Å². The van der Waals surface area contributed by atoms with Crippen molar-refractivity contribution < 1.29 is 9.31 Å². The van der Waals surface area contributed by atoms with Crippen LogP contribution in [0.15, 0.2) is 41.6 Å². The van der Waals surface area contributed by atoms with Gasteiger partial charge in [-0.25, -0.2) is 0 Å². The minimum atomic E-state index is -0.453. The van der Waals surface area contributed by atoms with Crippen LogP contribution in [-0.4, -0.2) is 18.3 Å². The minimum Gasteiger partial charge on any atom is -0.399 e. The van der Waals surface area contributed by atoms with E-state index in [4.69, 9.17) is 9.31 Å². The van der Waals surface area contributed by atoms with E-state index >= 15 is 0 Å². The van der Waals surface area contributed by atoms with Crippen LogP contribution in [0.25, 0.3) is 20.2 Å². The molecule has 4 rings (SSSR count). The molecule has 2 aromatic carbocycles. The standard InChI is InChI=1S/C18H18BNO3S/c1-17(2)18(3,4)23-19(22-17)12-9-10-13(20-21)15-11-7-5-6-8-14(11)24-16(12)15/h5-10H,1-4H3. The molecule has 2 heterocycles. The van der Waals surface area contributed by atoms with Crippen molar-refractivity contribution in [2.45, 2.75) is 38.9 Å². The SMILES string of the molecule is CC1(C)OB(c2ccc(N=O)c3c2sc2ccccc23)OC1(C)C. The maximum atomic E-state index is 11.3. The Morgan fingerprint density at radius 3 is 2.33 bits per heavy atom. The Hall–Kier alpha value is -1.76. The first-order chi connectivity index (χ1) is 11.3. The topological polar surface area (TPSA) is 47.9 Å². The van der Waals surface area contributed by atoms with Crippen molar-refractivity contribution in [3.05, 3.63) is 41.3 Å². The second-order valence-electron chi connectivity index (χ2n) is 7.16. The van der Waals surface area contributed by atoms with Gasteiger partial charge in [-0.15, -0.1) is 16.2 Å². The highest BCUT2D eigenvalue weighted by molar-refractivity contribution is 7.27. The summed E-state index contributed by atoms with van der Waals surface area (Å²) < 4.78 is 14.5. The Kier molecular flexibility index (Phi) is 3.36. The molecule has 0 spiro atoms. The van der Waals surface area contributed by atoms with E-state index < -0.39 is 18.3 Å². The summed E-state index contributed by atoms with van der Waals surface area (Å²) >= 11 is 1.65. The normalized spacial score (nSPS) is 19.2. The molecular formula is C18H18BNO3S. The van der Waals surface area contributed by atoms with Crippen LogP contribution in [0, 0.1) is 4.91 Å². The molecule has 0 aliphatic carbocycles. The fraction of sp³-hybridized carbons (Fsp3) is 0.333. The zero-order valence-electron chi connectivity index (χ0n) is 14.1. The van der Waals surface area contributed by atoms with E-state index in [1.807, 2.05) is 52.0 Å². The van der Waals surface area contributed by atoms with E-state index in [0.717, 1.165) is 25.6 Å². The second kappa shape index (κ2) is 5.12. The number of rotatable bonds is 2. The average molecular weight is 339 g/mol. The summed E-state index contributed by atoms with van der Waals surface area (Å²) in [4.78, 5) is 11.3. The van der Waals surface area contributed by atoms with Gasteiger partial charge in [0, 0.05) is 25.6 Å². The van der Waals surface area contributed by atoms with Crippen LogP contribution in [0.1, 0.15) is 27.7 Å². The molecule has 4 nitrogen and oxygen atoms in total. The van der Waals surface area contributed by atoms with Gasteiger partial charge in [0.05, 0.1) is 11.2 Å². The molecule has 0 amide bonds. The average Bonchev–Trinajstić information content (AvgIpc) is 3.01. The minimum absolute atomic E-state index is 0.401. The van der Waals surface area contributed by atoms with Gasteiger partial charge >= 0.3 is 7.12 Å². The van der Waals surface area contributed by atoms with Crippen LogP contribution < -0.4 is 5.46 Å². The molecule has 1 aliphatic rings. The molecule has 1 aromatic heterocycles. The van der Waals surface area contributed by atoms with Crippen molar-refractivity contribution in [2.24, 2.45) is 5.18 Å². The van der Waals surface area contributed by atoms with Crippen LogP contribution in [0.2, 0.25) is 0 Å². The third kappa shape index (κ3) is 2.14. The number of benzene rings is 2. The molecule has 24 heavy (non-hydrogen) atoms. The van der Waals surface area contributed by atoms with Gasteiger partial charge in [0.25, 0.3) is 0 Å². The van der Waals surface area contributed by atoms with Crippen molar-refractivity contribution in [2.75, 3.05) is 0 Å². The molecule has 0 unspecified atom stereocenters. The van der Waals surface area contributed by atoms with Gasteiger partial charge in [-0.2, -0.15) is 0 Å². The summed E-state index contributed by atoms with van der Waals surface area (Å²) in [6, 6.07) is 11.7. The molecular weight excluding hydrogens is 321 g/mol. The van der Waals surface area contributed by atoms with Crippen molar-refractivity contribution in [3.63, 3.8) is 0 Å². The fourth-order valence-corrected chi connectivity index (χ4v) is 4.31. The van der Waals surface area contributed by atoms with Gasteiger partial charge < -0.3 is 9.31 Å². The fourth-order valence-electron chi connectivity index (χ4n) is 3.06. The summed E-state index contributed by atoms with van der Waals surface area (Å²) in [5, 5.41) is 5.15. The maximum absolute atomic E-state index is 11.3. The molecule has 3 aromatic rings. The molecule has 0 atom stereocenters. The maximum Gasteiger partial charge on any atom is 0.496 e. The lowest BCUT2D eigenvalue weighted by molar-refractivity contribution is 0.00578. The van der Waals surface area contributed by atoms with Crippen LogP contribution in [0.3, 0.4) is 0 Å². The third-order valence-electron chi connectivity index (χ3n) is 5.14. The number of nitroso groups, excluding NO2 is 1. The molecule has 6 heteroatoms. The molecule has 1 fully saturated rings. The third-order valence-corrected chi connectivity index (χ3v) is 6.36. The van der Waals surface area contributed by atoms with Gasteiger partial charge in [0.1, 0.15) is 5.69 Å². The molecule has 0 saturated carbocycles. The molecule has 0 radical (unpaired) electrons. The van der Waals surface area contributed by atoms with Gasteiger partial charge in [-0.05, 0) is 45.0 Å². The molecule has 122 valence electrons. The van der Waals surface area contributed by atoms with Crippen molar-refractivity contribution in [3.8, 4) is 0 Å². The van der Waals surface area contributed by atoms with E-state index in [9.17, 15) is 4.91 Å². The van der Waals surface area contributed by atoms with E-state index in [1.54, 1.807) is 17.4 Å². The quantitative estimate of drug-likeness (QED) is 0.500. The Morgan fingerprint density at radius 2 is 1.67 bits per heavy atom. The molecule has 1 saturated heterocycles. The van der Waals surface area contributed by atoms with Gasteiger partial charge in [0.15, 0.2) is 0 Å². The van der Waals surface area contributed by atoms with E-state index in [2.05, 4.69) is 11.2 Å². The summed E-state index contributed by atoms with van der Waals surface area (Å²) in [7, 11) is -0.453. The van der Waals surface area contributed by atoms with Crippen molar-refractivity contribution in [1.82, 2.24) is 0 Å². The first-order valence-corrected chi connectivity index (χ1v) is 8.79. The highest BCUT2D eigenvalue weighted by atomic mass is 32.1. The van der Waals surface area contributed by atoms with Crippen molar-refractivity contribution >= 4 is 49.8 Å². The van der Waals surface area contributed by atoms with Crippen molar-refractivity contribution in [1.29, 1.82) is 0 Å². The summed E-state index contributed by atoms with van der Waals surface area (Å²) in [5.41, 5.74) is 0.616. The summed E-state index contributed by atoms with van der Waals surface area (Å²) in [6.07, 6.45) is 0. The number of fused-ring (bicyclic) bond motifs is 3. The zero-order valence-corrected chi connectivity index (χ0v) is 14.9. The number of nitrogens with zero attached hydrogens (tertiary/aromatic N) is 1. The van der Waals surface area contributed by atoms with Gasteiger partial charge in [0.2, 0.25) is 0 Å². The van der Waals surface area contributed by atoms with E-state index in [1.165, 1.54) is 0 Å². The highest BCUT2D eigenvalue weighted by Crippen LogP contribution is 2.41. The zero-order chi connectivity index (χ0) is 17.1. The first kappa shape index (κ1) is 15.8. The monoisotopic (exact) mass is 339 g/mol. The summed E-state index contributed by atoms with van der Waals surface area (Å²) in [5.74, 6) is 0. The van der Waals surface area contributed by atoms with E-state index in [-0.39, 0.29) is 0 Å². The van der Waals surface area contributed by atoms with Crippen LogP contribution in [0.4, 0.5) is 5.69 Å². The molecule has 0 bridgehead atoms. The highest BCUT2D eigenvalue weighted by Gasteiger charge is 2.52. The largest absolute Gasteiger partial charge is 0.496 e. The predicted octanol–water partition coefficient (Wildman–Crippen LogP) is 4.75. The Bertz CT molecular complexity index is 947. The van der Waals surface area contributed by atoms with Gasteiger partial charge in [-0.3, -0.25) is 0 Å². The Labute approximate surface area is 144 Å². The smallest absolute Gasteiger partial charge is 0.399 e. The van der Waals surface area contributed by atoms with Crippen LogP contribution in [0.5, 0.6) is 0 Å². The second-order valence-corrected chi connectivity index (χ2v) is 8.21. The lowest BCUT2D eigenvalue weighted by atomic mass is 9.78. The number of hydrogen-bond donors (Lipinski definition) is 0. The van der Waals surface area contributed by atoms with Gasteiger partial charge in [-0.1, -0.05) is 24.3 Å². The predicted molar refractivity (Wildman–Crippen MR) is 101 cm³/mol.